The average Bonchev–Trinajstić information content (AvgIpc) is 2.94. The highest BCUT2D eigenvalue weighted by Crippen LogP contribution is 2.12. The van der Waals surface area contributed by atoms with Gasteiger partial charge in [0.25, 0.3) is 5.91 Å². The maximum atomic E-state index is 13.2. The van der Waals surface area contributed by atoms with E-state index in [0.717, 1.165) is 31.3 Å². The van der Waals surface area contributed by atoms with Crippen LogP contribution in [0.3, 0.4) is 0 Å². The zero-order valence-corrected chi connectivity index (χ0v) is 29.4. The van der Waals surface area contributed by atoms with E-state index in [1.165, 1.54) is 22.9 Å². The molecule has 0 aliphatic rings. The number of carboxylic acid groups (broad SMARTS) is 1. The van der Waals surface area contributed by atoms with Crippen molar-refractivity contribution in [3.05, 3.63) is 34.9 Å². The van der Waals surface area contributed by atoms with Gasteiger partial charge in [0.1, 0.15) is 24.5 Å². The van der Waals surface area contributed by atoms with Crippen molar-refractivity contribution in [2.24, 2.45) is 11.8 Å². The number of carboxylic acids is 1. The SMILES string of the molecule is CSCC[C@H](NC(=O)[C@@H](NC(=O)[C@@H](NC(=O)CC(=O)N(O)C/C=C(\C)CC/C=C(\C)CCC=C(C)C)C(C)C)C(C)C)C(=O)O. The Bertz CT molecular complexity index is 1080. The van der Waals surface area contributed by atoms with Crippen molar-refractivity contribution in [2.45, 2.75) is 112 Å². The van der Waals surface area contributed by atoms with Crippen LogP contribution in [0.1, 0.15) is 93.9 Å². The molecule has 256 valence electrons. The molecule has 0 unspecified atom stereocenters. The molecule has 0 aromatic carbocycles. The second-order valence-corrected chi connectivity index (χ2v) is 13.3. The summed E-state index contributed by atoms with van der Waals surface area (Å²) in [6.45, 7) is 14.9. The van der Waals surface area contributed by atoms with E-state index < -0.39 is 60.1 Å². The number of aliphatic carboxylic acids is 1. The van der Waals surface area contributed by atoms with Gasteiger partial charge in [0.2, 0.25) is 17.7 Å². The van der Waals surface area contributed by atoms with Crippen LogP contribution in [0.25, 0.3) is 0 Å². The maximum Gasteiger partial charge on any atom is 0.326 e. The van der Waals surface area contributed by atoms with E-state index in [0.29, 0.717) is 10.8 Å². The zero-order valence-electron chi connectivity index (χ0n) is 28.6. The molecule has 0 fully saturated rings. The first-order chi connectivity index (χ1) is 21.0. The van der Waals surface area contributed by atoms with Gasteiger partial charge in [0, 0.05) is 0 Å². The van der Waals surface area contributed by atoms with Gasteiger partial charge < -0.3 is 21.1 Å². The van der Waals surface area contributed by atoms with Crippen molar-refractivity contribution in [1.82, 2.24) is 21.0 Å². The Hall–Kier alpha value is -3.12. The van der Waals surface area contributed by atoms with Gasteiger partial charge in [-0.05, 0) is 83.6 Å². The molecule has 11 nitrogen and oxygen atoms in total. The summed E-state index contributed by atoms with van der Waals surface area (Å²) in [5.74, 6) is -4.26. The Morgan fingerprint density at radius 3 is 1.80 bits per heavy atom. The molecule has 0 radical (unpaired) electrons. The van der Waals surface area contributed by atoms with Crippen LogP contribution in [0, 0.1) is 11.8 Å². The van der Waals surface area contributed by atoms with Crippen molar-refractivity contribution < 1.29 is 34.3 Å². The number of allylic oxidation sites excluding steroid dienone is 5. The molecule has 0 aliphatic heterocycles. The van der Waals surface area contributed by atoms with E-state index in [1.807, 2.05) is 13.2 Å². The molecule has 5 N–H and O–H groups in total. The van der Waals surface area contributed by atoms with E-state index in [1.54, 1.807) is 33.8 Å². The Morgan fingerprint density at radius 2 is 1.29 bits per heavy atom. The third-order valence-electron chi connectivity index (χ3n) is 7.07. The Morgan fingerprint density at radius 1 is 0.778 bits per heavy atom. The van der Waals surface area contributed by atoms with Gasteiger partial charge in [0.15, 0.2) is 0 Å². The molecule has 0 aromatic heterocycles. The number of nitrogens with zero attached hydrogens (tertiary/aromatic N) is 1. The van der Waals surface area contributed by atoms with Crippen LogP contribution < -0.4 is 16.0 Å². The van der Waals surface area contributed by atoms with Crippen molar-refractivity contribution in [3.8, 4) is 0 Å². The Kier molecular flexibility index (Phi) is 20.8. The molecule has 0 aliphatic carbocycles. The Labute approximate surface area is 273 Å². The van der Waals surface area contributed by atoms with Crippen molar-refractivity contribution >= 4 is 41.4 Å². The fourth-order valence-electron chi connectivity index (χ4n) is 4.20. The number of carbonyl (C=O) groups excluding carboxylic acids is 4. The smallest absolute Gasteiger partial charge is 0.326 e. The number of hydroxylamine groups is 2. The zero-order chi connectivity index (χ0) is 34.7. The molecule has 45 heavy (non-hydrogen) atoms. The molecule has 12 heteroatoms. The molecule has 0 aromatic rings. The highest BCUT2D eigenvalue weighted by atomic mass is 32.2. The third kappa shape index (κ3) is 18.4. The first kappa shape index (κ1) is 41.9. The molecule has 0 saturated heterocycles. The minimum absolute atomic E-state index is 0.0746. The molecule has 0 heterocycles. The highest BCUT2D eigenvalue weighted by molar-refractivity contribution is 7.98. The van der Waals surface area contributed by atoms with Gasteiger partial charge in [-0.2, -0.15) is 11.8 Å². The largest absolute Gasteiger partial charge is 0.480 e. The number of nitrogens with one attached hydrogen (secondary N) is 3. The molecule has 0 rings (SSSR count). The van der Waals surface area contributed by atoms with E-state index >= 15 is 0 Å². The highest BCUT2D eigenvalue weighted by Gasteiger charge is 2.32. The standard InChI is InChI=1S/C33H56N4O7S/c1-21(2)12-10-13-24(7)14-11-15-25(8)16-18-37(44)28(39)20-27(38)35-29(22(3)4)32(41)36-30(23(5)6)31(40)34-26(33(42)43)17-19-45-9/h12,14,16,22-23,26,29-30,44H,10-11,13,15,17-20H2,1-9H3,(H,34,40)(H,35,38)(H,36,41)(H,42,43)/b24-14+,25-16+/t26-,29-,30-/m0/s1. The van der Waals surface area contributed by atoms with E-state index in [4.69, 9.17) is 0 Å². The van der Waals surface area contributed by atoms with Crippen molar-refractivity contribution in [1.29, 1.82) is 0 Å². The molecule has 4 amide bonds. The predicted octanol–water partition coefficient (Wildman–Crippen LogP) is 4.62. The fourth-order valence-corrected chi connectivity index (χ4v) is 4.68. The first-order valence-electron chi connectivity index (χ1n) is 15.6. The molecule has 0 bridgehead atoms. The lowest BCUT2D eigenvalue weighted by molar-refractivity contribution is -0.164. The van der Waals surface area contributed by atoms with Crippen LogP contribution >= 0.6 is 11.8 Å². The number of amides is 4. The van der Waals surface area contributed by atoms with Gasteiger partial charge in [-0.25, -0.2) is 9.86 Å². The monoisotopic (exact) mass is 652 g/mol. The fraction of sp³-hybridized carbons (Fsp3) is 0.667. The Balaban J connectivity index is 5.10. The third-order valence-corrected chi connectivity index (χ3v) is 7.72. The van der Waals surface area contributed by atoms with Crippen LogP contribution in [0.4, 0.5) is 0 Å². The quantitative estimate of drug-likeness (QED) is 0.0519. The van der Waals surface area contributed by atoms with E-state index in [-0.39, 0.29) is 18.9 Å². The number of hydrogen-bond donors (Lipinski definition) is 5. The molecule has 0 saturated carbocycles. The number of thioether (sulfide) groups is 1. The summed E-state index contributed by atoms with van der Waals surface area (Å²) < 4.78 is 0. The summed E-state index contributed by atoms with van der Waals surface area (Å²) in [6, 6.07) is -3.21. The summed E-state index contributed by atoms with van der Waals surface area (Å²) in [5, 5.41) is 27.8. The number of rotatable bonds is 21. The second-order valence-electron chi connectivity index (χ2n) is 12.3. The molecule has 3 atom stereocenters. The maximum absolute atomic E-state index is 13.2. The summed E-state index contributed by atoms with van der Waals surface area (Å²) in [7, 11) is 0. The molecular weight excluding hydrogens is 596 g/mol. The lowest BCUT2D eigenvalue weighted by Gasteiger charge is -2.28. The average molecular weight is 653 g/mol. The van der Waals surface area contributed by atoms with Crippen molar-refractivity contribution in [2.75, 3.05) is 18.6 Å². The second kappa shape index (κ2) is 22.4. The minimum Gasteiger partial charge on any atom is -0.480 e. The van der Waals surface area contributed by atoms with Gasteiger partial charge in [-0.1, -0.05) is 62.6 Å². The summed E-state index contributed by atoms with van der Waals surface area (Å²) in [6.07, 6.45) is 11.2. The predicted molar refractivity (Wildman–Crippen MR) is 180 cm³/mol. The van der Waals surface area contributed by atoms with Crippen LogP contribution in [-0.4, -0.2) is 81.7 Å². The van der Waals surface area contributed by atoms with Crippen molar-refractivity contribution in [3.63, 3.8) is 0 Å². The number of carbonyl (C=O) groups is 5. The topological polar surface area (TPSA) is 165 Å². The minimum atomic E-state index is -1.17. The lowest BCUT2D eigenvalue weighted by atomic mass is 9.99. The van der Waals surface area contributed by atoms with Crippen LogP contribution in [0.5, 0.6) is 0 Å². The van der Waals surface area contributed by atoms with Gasteiger partial charge in [0.05, 0.1) is 6.54 Å². The molecular formula is C33H56N4O7S. The van der Waals surface area contributed by atoms with Gasteiger partial charge in [-0.15, -0.1) is 0 Å². The summed E-state index contributed by atoms with van der Waals surface area (Å²) in [5.41, 5.74) is 3.62. The van der Waals surface area contributed by atoms with Gasteiger partial charge in [-0.3, -0.25) is 24.4 Å². The van der Waals surface area contributed by atoms with E-state index in [2.05, 4.69) is 48.9 Å². The lowest BCUT2D eigenvalue weighted by Crippen LogP contribution is -2.58. The molecule has 0 spiro atoms. The van der Waals surface area contributed by atoms with Gasteiger partial charge >= 0.3 is 5.97 Å². The summed E-state index contributed by atoms with van der Waals surface area (Å²) >= 11 is 1.45. The summed E-state index contributed by atoms with van der Waals surface area (Å²) in [4.78, 5) is 62.8. The van der Waals surface area contributed by atoms with Crippen LogP contribution in [-0.2, 0) is 24.0 Å². The van der Waals surface area contributed by atoms with E-state index in [9.17, 15) is 34.3 Å². The number of hydrogen-bond acceptors (Lipinski definition) is 7. The van der Waals surface area contributed by atoms with Crippen LogP contribution in [0.15, 0.2) is 34.9 Å². The normalized spacial score (nSPS) is 14.0. The van der Waals surface area contributed by atoms with Crippen LogP contribution in [0.2, 0.25) is 0 Å². The first-order valence-corrected chi connectivity index (χ1v) is 16.9.